The predicted octanol–water partition coefficient (Wildman–Crippen LogP) is 5.38. The van der Waals surface area contributed by atoms with Crippen LogP contribution in [0.25, 0.3) is 0 Å². The molecule has 1 N–H and O–H groups in total. The zero-order valence-electron chi connectivity index (χ0n) is 21.3. The predicted molar refractivity (Wildman–Crippen MR) is 140 cm³/mol. The van der Waals surface area contributed by atoms with Gasteiger partial charge in [0, 0.05) is 25.1 Å². The lowest BCUT2D eigenvalue weighted by molar-refractivity contribution is -0.142. The van der Waals surface area contributed by atoms with Crippen molar-refractivity contribution in [1.82, 2.24) is 10.2 Å². The molecular formula is C30H35FN2O3. The summed E-state index contributed by atoms with van der Waals surface area (Å²) in [6.45, 7) is 6.17. The number of nitrogens with one attached hydrogen (secondary N) is 1. The van der Waals surface area contributed by atoms with Gasteiger partial charge in [-0.3, -0.25) is 9.59 Å². The molecule has 1 atom stereocenters. The second kappa shape index (κ2) is 13.4. The number of carbonyl (C=O) groups excluding carboxylic acids is 2. The van der Waals surface area contributed by atoms with E-state index >= 15 is 0 Å². The number of hydrogen-bond donors (Lipinski definition) is 1. The fourth-order valence-corrected chi connectivity index (χ4v) is 4.05. The quantitative estimate of drug-likeness (QED) is 0.347. The molecule has 0 aliphatic rings. The number of aryl methyl sites for hydroxylation is 2. The van der Waals surface area contributed by atoms with E-state index in [1.807, 2.05) is 69.3 Å². The summed E-state index contributed by atoms with van der Waals surface area (Å²) >= 11 is 0. The van der Waals surface area contributed by atoms with E-state index in [9.17, 15) is 14.0 Å². The zero-order chi connectivity index (χ0) is 25.9. The van der Waals surface area contributed by atoms with Crippen molar-refractivity contribution in [3.05, 3.63) is 101 Å². The van der Waals surface area contributed by atoms with E-state index < -0.39 is 11.9 Å². The third kappa shape index (κ3) is 7.67. The van der Waals surface area contributed by atoms with Gasteiger partial charge in [0.1, 0.15) is 17.6 Å². The minimum Gasteiger partial charge on any atom is -0.483 e. The molecule has 0 spiro atoms. The van der Waals surface area contributed by atoms with E-state index in [2.05, 4.69) is 5.32 Å². The number of halogens is 1. The molecule has 0 aliphatic carbocycles. The fraction of sp³-hybridized carbons (Fsp3) is 0.333. The molecule has 3 rings (SSSR count). The minimum atomic E-state index is -0.820. The summed E-state index contributed by atoms with van der Waals surface area (Å²) in [7, 11) is 0. The summed E-state index contributed by atoms with van der Waals surface area (Å²) in [5, 5.41) is 2.96. The van der Waals surface area contributed by atoms with Crippen LogP contribution >= 0.6 is 0 Å². The maximum atomic E-state index is 14.6. The van der Waals surface area contributed by atoms with E-state index in [-0.39, 0.29) is 25.0 Å². The highest BCUT2D eigenvalue weighted by molar-refractivity contribution is 5.88. The van der Waals surface area contributed by atoms with E-state index in [1.165, 1.54) is 11.0 Å². The molecule has 0 saturated carbocycles. The van der Waals surface area contributed by atoms with Crippen molar-refractivity contribution in [3.8, 4) is 5.75 Å². The molecule has 190 valence electrons. The molecule has 36 heavy (non-hydrogen) atoms. The molecule has 0 aromatic heterocycles. The molecular weight excluding hydrogens is 455 g/mol. The van der Waals surface area contributed by atoms with Gasteiger partial charge in [0.05, 0.1) is 0 Å². The Morgan fingerprint density at radius 2 is 1.72 bits per heavy atom. The number of nitrogens with zero attached hydrogens (tertiary/aromatic N) is 1. The fourth-order valence-electron chi connectivity index (χ4n) is 4.05. The van der Waals surface area contributed by atoms with Gasteiger partial charge in [-0.1, -0.05) is 79.6 Å². The van der Waals surface area contributed by atoms with Gasteiger partial charge in [-0.05, 0) is 43.5 Å². The molecule has 5 nitrogen and oxygen atoms in total. The number of unbranched alkanes of at least 4 members (excludes halogenated alkanes) is 1. The number of hydrogen-bond acceptors (Lipinski definition) is 3. The number of benzene rings is 3. The van der Waals surface area contributed by atoms with Crippen LogP contribution in [0.15, 0.2) is 72.8 Å². The van der Waals surface area contributed by atoms with Crippen molar-refractivity contribution in [3.63, 3.8) is 0 Å². The molecule has 2 amide bonds. The third-order valence-corrected chi connectivity index (χ3v) is 6.08. The smallest absolute Gasteiger partial charge is 0.261 e. The second-order valence-corrected chi connectivity index (χ2v) is 9.02. The topological polar surface area (TPSA) is 58.6 Å². The minimum absolute atomic E-state index is 0.0412. The molecule has 3 aromatic rings. The number of ether oxygens (including phenoxy) is 1. The van der Waals surface area contributed by atoms with Gasteiger partial charge in [-0.25, -0.2) is 4.39 Å². The van der Waals surface area contributed by atoms with Crippen LogP contribution in [-0.4, -0.2) is 35.9 Å². The molecule has 0 heterocycles. The molecule has 6 heteroatoms. The first-order valence-corrected chi connectivity index (χ1v) is 12.4. The van der Waals surface area contributed by atoms with Crippen molar-refractivity contribution >= 4 is 11.8 Å². The summed E-state index contributed by atoms with van der Waals surface area (Å²) in [6, 6.07) is 20.8. The van der Waals surface area contributed by atoms with Gasteiger partial charge in [-0.15, -0.1) is 0 Å². The van der Waals surface area contributed by atoms with Crippen molar-refractivity contribution in [1.29, 1.82) is 0 Å². The Labute approximate surface area is 213 Å². The van der Waals surface area contributed by atoms with Crippen LogP contribution in [0.2, 0.25) is 0 Å². The number of amides is 2. The average Bonchev–Trinajstić information content (AvgIpc) is 2.87. The average molecular weight is 491 g/mol. The Morgan fingerprint density at radius 1 is 1.00 bits per heavy atom. The van der Waals surface area contributed by atoms with Gasteiger partial charge in [-0.2, -0.15) is 0 Å². The van der Waals surface area contributed by atoms with Gasteiger partial charge < -0.3 is 15.0 Å². The molecule has 3 aromatic carbocycles. The van der Waals surface area contributed by atoms with Crippen LogP contribution in [0, 0.1) is 19.7 Å². The second-order valence-electron chi connectivity index (χ2n) is 9.02. The third-order valence-electron chi connectivity index (χ3n) is 6.08. The number of carbonyl (C=O) groups is 2. The summed E-state index contributed by atoms with van der Waals surface area (Å²) < 4.78 is 20.5. The summed E-state index contributed by atoms with van der Waals surface area (Å²) in [6.07, 6.45) is 2.08. The van der Waals surface area contributed by atoms with Gasteiger partial charge >= 0.3 is 0 Å². The highest BCUT2D eigenvalue weighted by atomic mass is 19.1. The Balaban J connectivity index is 1.90. The summed E-state index contributed by atoms with van der Waals surface area (Å²) in [4.78, 5) is 28.4. The normalized spacial score (nSPS) is 11.6. The van der Waals surface area contributed by atoms with E-state index in [4.69, 9.17) is 4.74 Å². The number of rotatable bonds is 12. The maximum Gasteiger partial charge on any atom is 0.261 e. The lowest BCUT2D eigenvalue weighted by Gasteiger charge is -2.31. The van der Waals surface area contributed by atoms with E-state index in [1.54, 1.807) is 18.2 Å². The van der Waals surface area contributed by atoms with Gasteiger partial charge in [0.2, 0.25) is 5.91 Å². The Morgan fingerprint density at radius 3 is 2.42 bits per heavy atom. The Bertz CT molecular complexity index is 1150. The first-order chi connectivity index (χ1) is 17.4. The molecule has 0 fully saturated rings. The molecule has 0 radical (unpaired) electrons. The van der Waals surface area contributed by atoms with Gasteiger partial charge in [0.15, 0.2) is 6.61 Å². The first-order valence-electron chi connectivity index (χ1n) is 12.4. The van der Waals surface area contributed by atoms with Crippen LogP contribution in [0.3, 0.4) is 0 Å². The largest absolute Gasteiger partial charge is 0.483 e. The molecule has 0 saturated heterocycles. The monoisotopic (exact) mass is 490 g/mol. The first kappa shape index (κ1) is 26.9. The summed E-state index contributed by atoms with van der Waals surface area (Å²) in [5.41, 5.74) is 3.27. The molecule has 0 unspecified atom stereocenters. The maximum absolute atomic E-state index is 14.6. The highest BCUT2D eigenvalue weighted by Gasteiger charge is 2.31. The van der Waals surface area contributed by atoms with Crippen molar-refractivity contribution < 1.29 is 18.7 Å². The van der Waals surface area contributed by atoms with Crippen LogP contribution in [0.4, 0.5) is 4.39 Å². The molecule has 0 aliphatic heterocycles. The SMILES string of the molecule is CCCCNC(=O)[C@@H](Cc1ccccc1)N(Cc1ccccc1F)C(=O)COc1ccc(C)cc1C. The van der Waals surface area contributed by atoms with E-state index in [0.717, 1.165) is 29.5 Å². The summed E-state index contributed by atoms with van der Waals surface area (Å²) in [5.74, 6) is -0.462. The van der Waals surface area contributed by atoms with Crippen LogP contribution in [0.1, 0.15) is 42.0 Å². The lowest BCUT2D eigenvalue weighted by atomic mass is 10.0. The van der Waals surface area contributed by atoms with Crippen molar-refractivity contribution in [2.45, 2.75) is 52.6 Å². The zero-order valence-corrected chi connectivity index (χ0v) is 21.3. The van der Waals surface area contributed by atoms with E-state index in [0.29, 0.717) is 24.3 Å². The Kier molecular flexibility index (Phi) is 10.0. The van der Waals surface area contributed by atoms with Crippen LogP contribution < -0.4 is 10.1 Å². The van der Waals surface area contributed by atoms with Crippen molar-refractivity contribution in [2.75, 3.05) is 13.2 Å². The highest BCUT2D eigenvalue weighted by Crippen LogP contribution is 2.20. The Hall–Kier alpha value is -3.67. The standard InChI is InChI=1S/C30H35FN2O3/c1-4-5-17-32-30(35)27(19-24-11-7-6-8-12-24)33(20-25-13-9-10-14-26(25)31)29(34)21-36-28-16-15-22(2)18-23(28)3/h6-16,18,27H,4-5,17,19-21H2,1-3H3,(H,32,35)/t27-/m1/s1. The lowest BCUT2D eigenvalue weighted by Crippen LogP contribution is -2.52. The van der Waals surface area contributed by atoms with Crippen molar-refractivity contribution in [2.24, 2.45) is 0 Å². The van der Waals surface area contributed by atoms with Crippen LogP contribution in [0.5, 0.6) is 5.75 Å². The van der Waals surface area contributed by atoms with Gasteiger partial charge in [0.25, 0.3) is 5.91 Å². The molecule has 0 bridgehead atoms. The van der Waals surface area contributed by atoms with Crippen LogP contribution in [-0.2, 0) is 22.6 Å².